The van der Waals surface area contributed by atoms with E-state index in [4.69, 9.17) is 34.5 Å². The molecular weight excluding hydrogens is 815 g/mol. The molecule has 3 saturated carbocycles. The summed E-state index contributed by atoms with van der Waals surface area (Å²) in [5.74, 6) is -1.53. The van der Waals surface area contributed by atoms with Crippen LogP contribution in [0.1, 0.15) is 106 Å². The first-order valence-corrected chi connectivity index (χ1v) is 23.5. The Morgan fingerprint density at radius 3 is 2.03 bits per heavy atom. The number of phosphoric acid groups is 1. The molecule has 11 atom stereocenters. The molecule has 0 radical (unpaired) electrons. The zero-order valence-corrected chi connectivity index (χ0v) is 36.2. The molecule has 3 aromatic rings. The zero-order chi connectivity index (χ0) is 44.0. The van der Waals surface area contributed by atoms with E-state index in [1.807, 2.05) is 72.8 Å². The van der Waals surface area contributed by atoms with E-state index in [1.54, 1.807) is 0 Å². The fraction of sp³-hybridized carbons (Fsp3) is 0.553. The lowest BCUT2D eigenvalue weighted by atomic mass is 9.55. The van der Waals surface area contributed by atoms with Gasteiger partial charge in [0.15, 0.2) is 0 Å². The third-order valence-corrected chi connectivity index (χ3v) is 15.2. The first kappa shape index (κ1) is 45.9. The Morgan fingerprint density at radius 1 is 0.806 bits per heavy atom. The van der Waals surface area contributed by atoms with E-state index in [0.717, 1.165) is 55.2 Å². The molecule has 3 aromatic carbocycles. The summed E-state index contributed by atoms with van der Waals surface area (Å²) in [6.45, 7) is 2.37. The van der Waals surface area contributed by atoms with Gasteiger partial charge in [0.05, 0.1) is 31.5 Å². The Balaban J connectivity index is 0.894. The van der Waals surface area contributed by atoms with E-state index >= 15 is 0 Å². The fourth-order valence-electron chi connectivity index (χ4n) is 10.5. The van der Waals surface area contributed by atoms with Crippen molar-refractivity contribution in [2.24, 2.45) is 34.6 Å². The number of carbonyl (C=O) groups excluding carboxylic acids is 3. The van der Waals surface area contributed by atoms with Crippen LogP contribution in [-0.4, -0.2) is 69.7 Å². The number of esters is 2. The highest BCUT2D eigenvalue weighted by molar-refractivity contribution is 7.48. The van der Waals surface area contributed by atoms with Crippen LogP contribution < -0.4 is 16.0 Å². The largest absolute Gasteiger partial charge is 0.530 e. The van der Waals surface area contributed by atoms with Gasteiger partial charge in [0, 0.05) is 24.3 Å². The Labute approximate surface area is 363 Å². The predicted octanol–water partition coefficient (Wildman–Crippen LogP) is 6.15. The van der Waals surface area contributed by atoms with Crippen molar-refractivity contribution in [2.75, 3.05) is 0 Å². The van der Waals surface area contributed by atoms with Gasteiger partial charge in [0.25, 0.3) is 0 Å². The highest BCUT2D eigenvalue weighted by atomic mass is 31.2. The first-order valence-electron chi connectivity index (χ1n) is 22.0. The summed E-state index contributed by atoms with van der Waals surface area (Å²) < 4.78 is 43.4. The molecule has 4 aliphatic rings. The number of rotatable bonds is 18. The Morgan fingerprint density at radius 2 is 1.42 bits per heavy atom. The average Bonchev–Trinajstić information content (AvgIpc) is 3.60. The van der Waals surface area contributed by atoms with Gasteiger partial charge in [-0.15, -0.1) is 0 Å². The number of phosphoric ester groups is 1. The van der Waals surface area contributed by atoms with E-state index in [9.17, 15) is 34.3 Å². The molecule has 336 valence electrons. The third kappa shape index (κ3) is 10.8. The number of aliphatic hydroxyl groups is 3. The SMILES string of the molecule is CC12CCC3c4ccc(OP(=O)(OCc5ccccc5)OCc5ccccc5)cc4CCC3C1CCC2OC(=O)CCC(O)C(O)CCC(=O)OC1CCC(N)C(O)C1C(N)=O. The molecule has 3 fully saturated rings. The topological polar surface area (TPSA) is 227 Å². The van der Waals surface area contributed by atoms with Crippen molar-refractivity contribution in [3.8, 4) is 5.75 Å². The molecule has 0 heterocycles. The molecule has 14 nitrogen and oxygen atoms in total. The van der Waals surface area contributed by atoms with Gasteiger partial charge in [0.2, 0.25) is 5.91 Å². The quantitative estimate of drug-likeness (QED) is 0.0715. The smallest absolute Gasteiger partial charge is 0.462 e. The molecule has 7 N–H and O–H groups in total. The normalized spacial score (nSPS) is 29.0. The minimum Gasteiger partial charge on any atom is -0.462 e. The van der Waals surface area contributed by atoms with Crippen molar-refractivity contribution >= 4 is 25.7 Å². The molecular formula is C47H61N2O12P. The number of aryl methyl sites for hydroxylation is 1. The lowest BCUT2D eigenvalue weighted by Crippen LogP contribution is -2.55. The van der Waals surface area contributed by atoms with E-state index in [2.05, 4.69) is 13.0 Å². The van der Waals surface area contributed by atoms with Crippen molar-refractivity contribution in [1.82, 2.24) is 0 Å². The van der Waals surface area contributed by atoms with E-state index in [0.29, 0.717) is 29.9 Å². The highest BCUT2D eigenvalue weighted by Gasteiger charge is 2.56. The number of hydrogen-bond acceptors (Lipinski definition) is 13. The maximum absolute atomic E-state index is 14.1. The van der Waals surface area contributed by atoms with Crippen LogP contribution in [0, 0.1) is 23.2 Å². The van der Waals surface area contributed by atoms with Crippen LogP contribution in [0.5, 0.6) is 5.75 Å². The molecule has 0 spiro atoms. The molecule has 0 aromatic heterocycles. The number of ether oxygens (including phenoxy) is 2. The molecule has 4 aliphatic carbocycles. The zero-order valence-electron chi connectivity index (χ0n) is 35.3. The van der Waals surface area contributed by atoms with Crippen LogP contribution in [0.3, 0.4) is 0 Å². The lowest BCUT2D eigenvalue weighted by molar-refractivity contribution is -0.163. The van der Waals surface area contributed by atoms with Crippen molar-refractivity contribution < 1.29 is 57.3 Å². The van der Waals surface area contributed by atoms with Gasteiger partial charge in [0.1, 0.15) is 23.9 Å². The molecule has 1 amide bonds. The fourth-order valence-corrected chi connectivity index (χ4v) is 11.6. The monoisotopic (exact) mass is 876 g/mol. The summed E-state index contributed by atoms with van der Waals surface area (Å²) in [5.41, 5.74) is 15.2. The molecule has 0 aliphatic heterocycles. The Kier molecular flexibility index (Phi) is 14.9. The van der Waals surface area contributed by atoms with E-state index in [-0.39, 0.29) is 56.8 Å². The highest BCUT2D eigenvalue weighted by Crippen LogP contribution is 2.62. The minimum absolute atomic E-state index is 0.0424. The van der Waals surface area contributed by atoms with Crippen LogP contribution in [0.2, 0.25) is 0 Å². The lowest BCUT2D eigenvalue weighted by Gasteiger charge is -2.50. The number of carbonyl (C=O) groups is 3. The number of amides is 1. The number of fused-ring (bicyclic) bond motifs is 5. The van der Waals surface area contributed by atoms with Gasteiger partial charge >= 0.3 is 19.8 Å². The van der Waals surface area contributed by atoms with Crippen LogP contribution in [-0.2, 0) is 57.1 Å². The van der Waals surface area contributed by atoms with Crippen molar-refractivity contribution in [3.63, 3.8) is 0 Å². The van der Waals surface area contributed by atoms with Crippen molar-refractivity contribution in [1.29, 1.82) is 0 Å². The summed E-state index contributed by atoms with van der Waals surface area (Å²) in [6, 6.07) is 24.2. The van der Waals surface area contributed by atoms with Crippen molar-refractivity contribution in [3.05, 3.63) is 101 Å². The maximum Gasteiger partial charge on any atom is 0.530 e. The van der Waals surface area contributed by atoms with Gasteiger partial charge in [-0.1, -0.05) is 73.7 Å². The molecule has 15 heteroatoms. The average molecular weight is 877 g/mol. The number of benzene rings is 3. The van der Waals surface area contributed by atoms with E-state index < -0.39 is 62.0 Å². The van der Waals surface area contributed by atoms with Gasteiger partial charge < -0.3 is 40.8 Å². The minimum atomic E-state index is -4.02. The summed E-state index contributed by atoms with van der Waals surface area (Å²) in [5, 5.41) is 31.5. The first-order chi connectivity index (χ1) is 29.7. The van der Waals surface area contributed by atoms with Crippen LogP contribution in [0.4, 0.5) is 0 Å². The molecule has 0 saturated heterocycles. The van der Waals surface area contributed by atoms with Crippen molar-refractivity contribution in [2.45, 2.75) is 140 Å². The van der Waals surface area contributed by atoms with Crippen LogP contribution >= 0.6 is 7.82 Å². The van der Waals surface area contributed by atoms with Gasteiger partial charge in [-0.25, -0.2) is 4.57 Å². The summed E-state index contributed by atoms with van der Waals surface area (Å²) in [6.07, 6.45) is 0.452. The van der Waals surface area contributed by atoms with Gasteiger partial charge in [-0.2, -0.15) is 0 Å². The molecule has 62 heavy (non-hydrogen) atoms. The number of hydrogen-bond donors (Lipinski definition) is 5. The third-order valence-electron chi connectivity index (χ3n) is 13.9. The predicted molar refractivity (Wildman–Crippen MR) is 228 cm³/mol. The summed E-state index contributed by atoms with van der Waals surface area (Å²) in [4.78, 5) is 37.6. The summed E-state index contributed by atoms with van der Waals surface area (Å²) in [7, 11) is -4.02. The Bertz CT molecular complexity index is 2010. The molecule has 0 bridgehead atoms. The summed E-state index contributed by atoms with van der Waals surface area (Å²) >= 11 is 0. The van der Waals surface area contributed by atoms with Crippen LogP contribution in [0.25, 0.3) is 0 Å². The second kappa shape index (κ2) is 20.1. The number of aliphatic hydroxyl groups excluding tert-OH is 3. The standard InChI is InChI=1S/C47H61N2O12P/c1-47-25-24-34-33-15-13-32(61-62(56,57-27-29-8-4-2-5-9-29)58-28-30-10-6-3-7-11-30)26-31(33)12-14-35(34)36(47)16-21-41(47)60-43(53)23-19-39(51)38(50)18-22-42(52)59-40-20-17-37(48)45(54)44(40)46(49)55/h2-11,13,15,26,34-41,44-45,50-51,54H,12,14,16-25,27-28,48H2,1H3,(H2,49,55). The molecule has 7 rings (SSSR count). The number of primary amides is 1. The Hall–Kier alpha value is -4.14. The molecule has 11 unspecified atom stereocenters. The van der Waals surface area contributed by atoms with E-state index in [1.165, 1.54) is 5.56 Å². The second-order valence-electron chi connectivity index (χ2n) is 17.8. The van der Waals surface area contributed by atoms with Gasteiger partial charge in [-0.3, -0.25) is 23.4 Å². The maximum atomic E-state index is 14.1. The van der Waals surface area contributed by atoms with Gasteiger partial charge in [-0.05, 0) is 116 Å². The number of nitrogens with two attached hydrogens (primary N) is 2. The second-order valence-corrected chi connectivity index (χ2v) is 19.4. The van der Waals surface area contributed by atoms with Crippen LogP contribution in [0.15, 0.2) is 78.9 Å².